The zero-order chi connectivity index (χ0) is 14.0. The standard InChI is InChI=1S/C16H28N2S/c1-11(2)17-8-16-7-15(13(4)19-16)10-18(5)9-14-6-12(14)3/h7,11-12,14,17H,6,8-10H2,1-5H3. The molecule has 1 aromatic rings. The molecule has 0 spiro atoms. The summed E-state index contributed by atoms with van der Waals surface area (Å²) in [6, 6.07) is 2.95. The number of hydrogen-bond donors (Lipinski definition) is 1. The summed E-state index contributed by atoms with van der Waals surface area (Å²) in [5.74, 6) is 1.91. The normalized spacial score (nSPS) is 22.5. The second-order valence-corrected chi connectivity index (χ2v) is 7.84. The van der Waals surface area contributed by atoms with Crippen molar-refractivity contribution in [3.8, 4) is 0 Å². The van der Waals surface area contributed by atoms with Crippen LogP contribution in [-0.4, -0.2) is 24.5 Å². The van der Waals surface area contributed by atoms with Gasteiger partial charge in [0.1, 0.15) is 0 Å². The van der Waals surface area contributed by atoms with Gasteiger partial charge in [0.05, 0.1) is 0 Å². The van der Waals surface area contributed by atoms with Crippen molar-refractivity contribution in [2.45, 2.75) is 53.2 Å². The van der Waals surface area contributed by atoms with Gasteiger partial charge >= 0.3 is 0 Å². The van der Waals surface area contributed by atoms with E-state index in [-0.39, 0.29) is 0 Å². The molecule has 1 aromatic heterocycles. The van der Waals surface area contributed by atoms with Crippen LogP contribution in [-0.2, 0) is 13.1 Å². The van der Waals surface area contributed by atoms with Gasteiger partial charge < -0.3 is 10.2 Å². The summed E-state index contributed by atoms with van der Waals surface area (Å²) in [4.78, 5) is 5.44. The Labute approximate surface area is 122 Å². The number of thiophene rings is 1. The summed E-state index contributed by atoms with van der Waals surface area (Å²) < 4.78 is 0. The Morgan fingerprint density at radius 2 is 2.16 bits per heavy atom. The Hall–Kier alpha value is -0.380. The lowest BCUT2D eigenvalue weighted by atomic mass is 10.2. The molecule has 1 aliphatic carbocycles. The lowest BCUT2D eigenvalue weighted by Gasteiger charge is -2.16. The monoisotopic (exact) mass is 280 g/mol. The van der Waals surface area contributed by atoms with Crippen molar-refractivity contribution in [1.82, 2.24) is 10.2 Å². The van der Waals surface area contributed by atoms with Crippen molar-refractivity contribution in [3.63, 3.8) is 0 Å². The molecule has 0 saturated heterocycles. The maximum absolute atomic E-state index is 3.50. The van der Waals surface area contributed by atoms with Gasteiger partial charge in [0.2, 0.25) is 0 Å². The fraction of sp³-hybridized carbons (Fsp3) is 0.750. The molecule has 108 valence electrons. The molecule has 2 atom stereocenters. The Balaban J connectivity index is 1.85. The zero-order valence-electron chi connectivity index (χ0n) is 13.0. The molecule has 1 N–H and O–H groups in total. The van der Waals surface area contributed by atoms with Gasteiger partial charge in [0.15, 0.2) is 0 Å². The molecule has 0 aliphatic heterocycles. The highest BCUT2D eigenvalue weighted by Gasteiger charge is 2.33. The quantitative estimate of drug-likeness (QED) is 0.820. The first kappa shape index (κ1) is 15.0. The van der Waals surface area contributed by atoms with Crippen LogP contribution in [0, 0.1) is 18.8 Å². The second-order valence-electron chi connectivity index (χ2n) is 6.50. The SMILES string of the molecule is Cc1sc(CNC(C)C)cc1CN(C)CC1CC1C. The van der Waals surface area contributed by atoms with Crippen molar-refractivity contribution in [2.24, 2.45) is 11.8 Å². The van der Waals surface area contributed by atoms with Crippen LogP contribution in [0.5, 0.6) is 0 Å². The van der Waals surface area contributed by atoms with Gasteiger partial charge in [-0.2, -0.15) is 0 Å². The summed E-state index contributed by atoms with van der Waals surface area (Å²) >= 11 is 1.94. The molecule has 3 heteroatoms. The first-order chi connectivity index (χ1) is 8.95. The molecule has 2 unspecified atom stereocenters. The van der Waals surface area contributed by atoms with E-state index in [1.165, 1.54) is 28.3 Å². The highest BCUT2D eigenvalue weighted by Crippen LogP contribution is 2.38. The van der Waals surface area contributed by atoms with Gasteiger partial charge in [-0.15, -0.1) is 11.3 Å². The van der Waals surface area contributed by atoms with Crippen molar-refractivity contribution in [1.29, 1.82) is 0 Å². The fourth-order valence-corrected chi connectivity index (χ4v) is 3.55. The molecule has 1 fully saturated rings. The summed E-state index contributed by atoms with van der Waals surface area (Å²) in [5.41, 5.74) is 1.52. The van der Waals surface area contributed by atoms with Crippen LogP contribution in [0.15, 0.2) is 6.07 Å². The molecule has 1 heterocycles. The smallest absolute Gasteiger partial charge is 0.0302 e. The van der Waals surface area contributed by atoms with Crippen LogP contribution in [0.25, 0.3) is 0 Å². The van der Waals surface area contributed by atoms with Gasteiger partial charge in [-0.05, 0) is 43.9 Å². The molecule has 0 bridgehead atoms. The van der Waals surface area contributed by atoms with Gasteiger partial charge in [0, 0.05) is 35.4 Å². The number of nitrogens with zero attached hydrogens (tertiary/aromatic N) is 1. The van der Waals surface area contributed by atoms with Crippen LogP contribution in [0.3, 0.4) is 0 Å². The van der Waals surface area contributed by atoms with Crippen molar-refractivity contribution < 1.29 is 0 Å². The second kappa shape index (κ2) is 6.38. The Morgan fingerprint density at radius 1 is 1.47 bits per heavy atom. The van der Waals surface area contributed by atoms with E-state index in [2.05, 4.69) is 51.0 Å². The minimum absolute atomic E-state index is 0.560. The predicted octanol–water partition coefficient (Wildman–Crippen LogP) is 3.64. The molecular weight excluding hydrogens is 252 g/mol. The zero-order valence-corrected chi connectivity index (χ0v) is 13.8. The Morgan fingerprint density at radius 3 is 2.74 bits per heavy atom. The molecule has 2 rings (SSSR count). The minimum Gasteiger partial charge on any atom is -0.310 e. The third-order valence-corrected chi connectivity index (χ3v) is 5.11. The van der Waals surface area contributed by atoms with E-state index in [4.69, 9.17) is 0 Å². The topological polar surface area (TPSA) is 15.3 Å². The highest BCUT2D eigenvalue weighted by atomic mass is 32.1. The van der Waals surface area contributed by atoms with Gasteiger partial charge in [-0.3, -0.25) is 0 Å². The van der Waals surface area contributed by atoms with Crippen molar-refractivity contribution >= 4 is 11.3 Å². The third kappa shape index (κ3) is 4.59. The summed E-state index contributed by atoms with van der Waals surface area (Å²) in [6.45, 7) is 12.4. The maximum atomic E-state index is 3.50. The van der Waals surface area contributed by atoms with E-state index in [1.54, 1.807) is 0 Å². The van der Waals surface area contributed by atoms with Crippen LogP contribution in [0.1, 0.15) is 42.5 Å². The van der Waals surface area contributed by atoms with Crippen LogP contribution in [0.2, 0.25) is 0 Å². The number of nitrogens with one attached hydrogen (secondary N) is 1. The Kier molecular flexibility index (Phi) is 5.04. The molecule has 0 radical (unpaired) electrons. The van der Waals surface area contributed by atoms with Gasteiger partial charge in [0.25, 0.3) is 0 Å². The van der Waals surface area contributed by atoms with E-state index in [0.717, 1.165) is 24.9 Å². The number of aryl methyl sites for hydroxylation is 1. The first-order valence-electron chi connectivity index (χ1n) is 7.45. The first-order valence-corrected chi connectivity index (χ1v) is 8.27. The maximum Gasteiger partial charge on any atom is 0.0302 e. The molecule has 0 aromatic carbocycles. The van der Waals surface area contributed by atoms with Crippen LogP contribution in [0.4, 0.5) is 0 Å². The van der Waals surface area contributed by atoms with E-state index in [0.29, 0.717) is 6.04 Å². The van der Waals surface area contributed by atoms with Crippen LogP contribution >= 0.6 is 11.3 Å². The Bertz CT molecular complexity index is 411. The number of rotatable bonds is 7. The molecule has 0 amide bonds. The average molecular weight is 280 g/mol. The van der Waals surface area contributed by atoms with E-state index >= 15 is 0 Å². The largest absolute Gasteiger partial charge is 0.310 e. The minimum atomic E-state index is 0.560. The van der Waals surface area contributed by atoms with E-state index in [9.17, 15) is 0 Å². The van der Waals surface area contributed by atoms with Gasteiger partial charge in [-0.25, -0.2) is 0 Å². The van der Waals surface area contributed by atoms with Crippen molar-refractivity contribution in [3.05, 3.63) is 21.4 Å². The lowest BCUT2D eigenvalue weighted by Crippen LogP contribution is -2.21. The third-order valence-electron chi connectivity index (χ3n) is 4.02. The lowest BCUT2D eigenvalue weighted by molar-refractivity contribution is 0.307. The van der Waals surface area contributed by atoms with Crippen molar-refractivity contribution in [2.75, 3.05) is 13.6 Å². The van der Waals surface area contributed by atoms with E-state index in [1.807, 2.05) is 11.3 Å². The molecule has 19 heavy (non-hydrogen) atoms. The molecule has 1 saturated carbocycles. The average Bonchev–Trinajstić information content (AvgIpc) is 2.87. The van der Waals surface area contributed by atoms with E-state index < -0.39 is 0 Å². The molecule has 1 aliphatic rings. The highest BCUT2D eigenvalue weighted by molar-refractivity contribution is 7.12. The molecule has 2 nitrogen and oxygen atoms in total. The summed E-state index contributed by atoms with van der Waals surface area (Å²) in [5, 5.41) is 3.50. The molecular formula is C16H28N2S. The number of hydrogen-bond acceptors (Lipinski definition) is 3. The van der Waals surface area contributed by atoms with Crippen LogP contribution < -0.4 is 5.32 Å². The summed E-state index contributed by atoms with van der Waals surface area (Å²) in [6.07, 6.45) is 1.43. The predicted molar refractivity (Wildman–Crippen MR) is 84.6 cm³/mol. The van der Waals surface area contributed by atoms with Gasteiger partial charge in [-0.1, -0.05) is 20.8 Å². The summed E-state index contributed by atoms with van der Waals surface area (Å²) in [7, 11) is 2.26. The fourth-order valence-electron chi connectivity index (χ4n) is 2.55.